The van der Waals surface area contributed by atoms with Crippen LogP contribution in [0.5, 0.6) is 0 Å². The zero-order valence-electron chi connectivity index (χ0n) is 15.5. The van der Waals surface area contributed by atoms with Gasteiger partial charge in [0.05, 0.1) is 6.04 Å². The molecule has 1 unspecified atom stereocenters. The molecule has 26 heavy (non-hydrogen) atoms. The summed E-state index contributed by atoms with van der Waals surface area (Å²) in [4.78, 5) is 6.48. The third-order valence-electron chi connectivity index (χ3n) is 3.98. The number of benzene rings is 1. The summed E-state index contributed by atoms with van der Waals surface area (Å²) in [5, 5.41) is 11.7. The Balaban J connectivity index is 0.00000338. The molecule has 0 aliphatic carbocycles. The van der Waals surface area contributed by atoms with Crippen LogP contribution in [0.3, 0.4) is 0 Å². The molecular weight excluding hydrogens is 463 g/mol. The molecule has 1 heterocycles. The molecule has 0 saturated heterocycles. The predicted octanol–water partition coefficient (Wildman–Crippen LogP) is 3.01. The van der Waals surface area contributed by atoms with Crippen LogP contribution in [0.25, 0.3) is 0 Å². The number of rotatable bonds is 8. The Labute approximate surface area is 178 Å². The number of aryl methyl sites for hydroxylation is 1. The minimum Gasteiger partial charge on any atom is -0.356 e. The largest absolute Gasteiger partial charge is 0.356 e. The molecule has 0 bridgehead atoms. The molecule has 0 amide bonds. The standard InChI is InChI=1S/C18H27ClN6.HI/c1-20-18(21-10-4-12-25-13-5-11-23-25)22-14-17(24(2)3)15-6-8-16(19)9-7-15;/h5-9,11,13,17H,4,10,12,14H2,1-3H3,(H2,20,21,22);1H. The van der Waals surface area contributed by atoms with E-state index in [1.807, 2.05) is 29.1 Å². The van der Waals surface area contributed by atoms with Crippen LogP contribution in [0.15, 0.2) is 47.7 Å². The maximum atomic E-state index is 5.99. The molecule has 0 spiro atoms. The second kappa shape index (κ2) is 12.1. The number of nitrogens with one attached hydrogen (secondary N) is 2. The van der Waals surface area contributed by atoms with Crippen LogP contribution in [0.1, 0.15) is 18.0 Å². The second-order valence-electron chi connectivity index (χ2n) is 6.03. The number of aromatic nitrogens is 2. The summed E-state index contributed by atoms with van der Waals surface area (Å²) in [5.74, 6) is 0.807. The summed E-state index contributed by atoms with van der Waals surface area (Å²) in [5.41, 5.74) is 1.22. The van der Waals surface area contributed by atoms with Gasteiger partial charge in [0.25, 0.3) is 0 Å². The molecule has 0 fully saturated rings. The van der Waals surface area contributed by atoms with Gasteiger partial charge >= 0.3 is 0 Å². The predicted molar refractivity (Wildman–Crippen MR) is 120 cm³/mol. The molecule has 1 atom stereocenters. The highest BCUT2D eigenvalue weighted by molar-refractivity contribution is 14.0. The molecule has 0 aliphatic rings. The summed E-state index contributed by atoms with van der Waals surface area (Å²) in [6, 6.07) is 10.2. The number of hydrogen-bond donors (Lipinski definition) is 2. The Bertz CT molecular complexity index is 642. The van der Waals surface area contributed by atoms with Crippen molar-refractivity contribution in [2.24, 2.45) is 4.99 Å². The third-order valence-corrected chi connectivity index (χ3v) is 4.23. The maximum absolute atomic E-state index is 5.99. The number of nitrogens with zero attached hydrogens (tertiary/aromatic N) is 4. The highest BCUT2D eigenvalue weighted by atomic mass is 127. The van der Waals surface area contributed by atoms with Crippen molar-refractivity contribution in [2.75, 3.05) is 34.2 Å². The number of guanidine groups is 1. The lowest BCUT2D eigenvalue weighted by molar-refractivity contribution is 0.298. The van der Waals surface area contributed by atoms with Crippen molar-refractivity contribution in [2.45, 2.75) is 19.0 Å². The zero-order valence-corrected chi connectivity index (χ0v) is 18.6. The van der Waals surface area contributed by atoms with Crippen molar-refractivity contribution < 1.29 is 0 Å². The zero-order chi connectivity index (χ0) is 18.1. The monoisotopic (exact) mass is 490 g/mol. The summed E-state index contributed by atoms with van der Waals surface area (Å²) >= 11 is 5.99. The van der Waals surface area contributed by atoms with E-state index in [-0.39, 0.29) is 30.0 Å². The van der Waals surface area contributed by atoms with E-state index in [2.05, 4.69) is 51.9 Å². The first-order valence-corrected chi connectivity index (χ1v) is 8.82. The Hall–Kier alpha value is -1.32. The first kappa shape index (κ1) is 22.7. The van der Waals surface area contributed by atoms with Crippen molar-refractivity contribution >= 4 is 41.5 Å². The van der Waals surface area contributed by atoms with E-state index in [1.165, 1.54) is 5.56 Å². The molecule has 8 heteroatoms. The lowest BCUT2D eigenvalue weighted by atomic mass is 10.1. The number of halogens is 2. The number of aliphatic imine (C=N–C) groups is 1. The van der Waals surface area contributed by atoms with Crippen LogP contribution in [0.2, 0.25) is 5.02 Å². The molecule has 0 aliphatic heterocycles. The minimum absolute atomic E-state index is 0. The van der Waals surface area contributed by atoms with Gasteiger partial charge in [0.1, 0.15) is 0 Å². The Morgan fingerprint density at radius 2 is 2.00 bits per heavy atom. The lowest BCUT2D eigenvalue weighted by Gasteiger charge is -2.26. The fraction of sp³-hybridized carbons (Fsp3) is 0.444. The SMILES string of the molecule is CN=C(NCCCn1cccn1)NCC(c1ccc(Cl)cc1)N(C)C.I. The molecule has 144 valence electrons. The number of hydrogen-bond acceptors (Lipinski definition) is 3. The van der Waals surface area contributed by atoms with Crippen molar-refractivity contribution in [3.8, 4) is 0 Å². The topological polar surface area (TPSA) is 57.5 Å². The molecule has 2 N–H and O–H groups in total. The van der Waals surface area contributed by atoms with E-state index in [4.69, 9.17) is 11.6 Å². The fourth-order valence-corrected chi connectivity index (χ4v) is 2.70. The van der Waals surface area contributed by atoms with E-state index in [0.29, 0.717) is 0 Å². The van der Waals surface area contributed by atoms with Crippen LogP contribution < -0.4 is 10.6 Å². The molecule has 1 aromatic carbocycles. The van der Waals surface area contributed by atoms with Crippen LogP contribution in [-0.2, 0) is 6.54 Å². The highest BCUT2D eigenvalue weighted by Crippen LogP contribution is 2.19. The maximum Gasteiger partial charge on any atom is 0.191 e. The van der Waals surface area contributed by atoms with Crippen molar-refractivity contribution in [3.05, 3.63) is 53.3 Å². The first-order valence-electron chi connectivity index (χ1n) is 8.44. The average molecular weight is 491 g/mol. The number of likely N-dealkylation sites (N-methyl/N-ethyl adjacent to an activating group) is 1. The van der Waals surface area contributed by atoms with Crippen molar-refractivity contribution in [1.29, 1.82) is 0 Å². The Morgan fingerprint density at radius 1 is 1.27 bits per heavy atom. The van der Waals surface area contributed by atoms with Gasteiger partial charge in [0.2, 0.25) is 0 Å². The summed E-state index contributed by atoms with van der Waals surface area (Å²) < 4.78 is 1.93. The summed E-state index contributed by atoms with van der Waals surface area (Å²) in [6.45, 7) is 2.49. The quantitative estimate of drug-likeness (QED) is 0.258. The summed E-state index contributed by atoms with van der Waals surface area (Å²) in [7, 11) is 5.93. The van der Waals surface area contributed by atoms with Gasteiger partial charge in [-0.25, -0.2) is 0 Å². The first-order chi connectivity index (χ1) is 12.1. The lowest BCUT2D eigenvalue weighted by Crippen LogP contribution is -2.42. The molecule has 0 saturated carbocycles. The van der Waals surface area contributed by atoms with E-state index < -0.39 is 0 Å². The van der Waals surface area contributed by atoms with E-state index >= 15 is 0 Å². The van der Waals surface area contributed by atoms with Gasteiger partial charge < -0.3 is 15.5 Å². The van der Waals surface area contributed by atoms with Gasteiger partial charge in [-0.2, -0.15) is 5.10 Å². The fourth-order valence-electron chi connectivity index (χ4n) is 2.58. The average Bonchev–Trinajstić information content (AvgIpc) is 3.11. The molecule has 0 radical (unpaired) electrons. The minimum atomic E-state index is 0. The van der Waals surface area contributed by atoms with Crippen molar-refractivity contribution in [1.82, 2.24) is 25.3 Å². The van der Waals surface area contributed by atoms with Gasteiger partial charge in [0, 0.05) is 44.1 Å². The van der Waals surface area contributed by atoms with E-state index in [9.17, 15) is 0 Å². The van der Waals surface area contributed by atoms with Crippen LogP contribution in [0, 0.1) is 0 Å². The van der Waals surface area contributed by atoms with Gasteiger partial charge in [-0.05, 0) is 44.3 Å². The Kier molecular flexibility index (Phi) is 10.6. The van der Waals surface area contributed by atoms with Gasteiger partial charge in [-0.15, -0.1) is 24.0 Å². The van der Waals surface area contributed by atoms with Crippen LogP contribution in [0.4, 0.5) is 0 Å². The molecular formula is C18H28ClIN6. The smallest absolute Gasteiger partial charge is 0.191 e. The van der Waals surface area contributed by atoms with Crippen LogP contribution >= 0.6 is 35.6 Å². The normalized spacial score (nSPS) is 12.6. The van der Waals surface area contributed by atoms with E-state index in [1.54, 1.807) is 13.2 Å². The second-order valence-corrected chi connectivity index (χ2v) is 6.47. The summed E-state index contributed by atoms with van der Waals surface area (Å²) in [6.07, 6.45) is 4.75. The highest BCUT2D eigenvalue weighted by Gasteiger charge is 2.14. The molecule has 2 aromatic rings. The van der Waals surface area contributed by atoms with Crippen molar-refractivity contribution in [3.63, 3.8) is 0 Å². The van der Waals surface area contributed by atoms with E-state index in [0.717, 1.165) is 37.0 Å². The molecule has 6 nitrogen and oxygen atoms in total. The Morgan fingerprint density at radius 3 is 2.58 bits per heavy atom. The van der Waals surface area contributed by atoms with Crippen LogP contribution in [-0.4, -0.2) is 54.9 Å². The molecule has 2 rings (SSSR count). The van der Waals surface area contributed by atoms with Gasteiger partial charge in [0.15, 0.2) is 5.96 Å². The van der Waals surface area contributed by atoms with Gasteiger partial charge in [-0.3, -0.25) is 9.67 Å². The molecule has 1 aromatic heterocycles. The van der Waals surface area contributed by atoms with Gasteiger partial charge in [-0.1, -0.05) is 23.7 Å². The third kappa shape index (κ3) is 7.51.